The molecular weight excluding hydrogens is 242 g/mol. The van der Waals surface area contributed by atoms with Crippen LogP contribution in [0.2, 0.25) is 0 Å². The summed E-state index contributed by atoms with van der Waals surface area (Å²) in [5, 5.41) is 3.36. The number of nitrogens with one attached hydrogen (secondary N) is 1. The van der Waals surface area contributed by atoms with E-state index in [0.717, 1.165) is 50.5 Å². The van der Waals surface area contributed by atoms with Gasteiger partial charge in [0, 0.05) is 25.3 Å². The van der Waals surface area contributed by atoms with E-state index in [4.69, 9.17) is 14.2 Å². The minimum Gasteiger partial charge on any atom is -0.488 e. The van der Waals surface area contributed by atoms with Gasteiger partial charge in [-0.1, -0.05) is 18.2 Å². The zero-order valence-electron chi connectivity index (χ0n) is 11.1. The fourth-order valence-electron chi connectivity index (χ4n) is 2.60. The molecule has 2 aliphatic heterocycles. The summed E-state index contributed by atoms with van der Waals surface area (Å²) in [5.74, 6) is 0.937. The van der Waals surface area contributed by atoms with E-state index in [1.165, 1.54) is 0 Å². The van der Waals surface area contributed by atoms with Gasteiger partial charge in [0.15, 0.2) is 0 Å². The zero-order chi connectivity index (χ0) is 12.9. The van der Waals surface area contributed by atoms with Crippen LogP contribution in [0.3, 0.4) is 0 Å². The highest BCUT2D eigenvalue weighted by atomic mass is 16.5. The summed E-state index contributed by atoms with van der Waals surface area (Å²) in [6, 6.07) is 8.18. The van der Waals surface area contributed by atoms with E-state index < -0.39 is 0 Å². The number of hydrogen-bond acceptors (Lipinski definition) is 4. The predicted molar refractivity (Wildman–Crippen MR) is 72.5 cm³/mol. The first-order valence-electron chi connectivity index (χ1n) is 7.09. The Labute approximate surface area is 114 Å². The average molecular weight is 263 g/mol. The van der Waals surface area contributed by atoms with Crippen LogP contribution < -0.4 is 10.1 Å². The van der Waals surface area contributed by atoms with Crippen LogP contribution in [0.4, 0.5) is 0 Å². The van der Waals surface area contributed by atoms with Gasteiger partial charge in [-0.05, 0) is 18.9 Å². The Morgan fingerprint density at radius 1 is 1.21 bits per heavy atom. The molecule has 1 aromatic carbocycles. The van der Waals surface area contributed by atoms with Gasteiger partial charge in [0.25, 0.3) is 0 Å². The van der Waals surface area contributed by atoms with Crippen molar-refractivity contribution in [1.82, 2.24) is 5.32 Å². The molecule has 0 saturated carbocycles. The van der Waals surface area contributed by atoms with Gasteiger partial charge in [0.1, 0.15) is 11.9 Å². The Morgan fingerprint density at radius 2 is 2.16 bits per heavy atom. The Kier molecular flexibility index (Phi) is 4.33. The van der Waals surface area contributed by atoms with Crippen LogP contribution in [0.15, 0.2) is 24.3 Å². The maximum absolute atomic E-state index is 6.11. The molecule has 0 radical (unpaired) electrons. The van der Waals surface area contributed by atoms with E-state index in [-0.39, 0.29) is 12.2 Å². The highest BCUT2D eigenvalue weighted by molar-refractivity contribution is 5.35. The van der Waals surface area contributed by atoms with Crippen LogP contribution in [0.5, 0.6) is 5.75 Å². The maximum atomic E-state index is 6.11. The van der Waals surface area contributed by atoms with Crippen LogP contribution in [0, 0.1) is 0 Å². The minimum atomic E-state index is 0.0921. The fraction of sp³-hybridized carbons (Fsp3) is 0.600. The van der Waals surface area contributed by atoms with Gasteiger partial charge in [-0.25, -0.2) is 0 Å². The van der Waals surface area contributed by atoms with E-state index in [1.807, 2.05) is 18.2 Å². The molecule has 19 heavy (non-hydrogen) atoms. The van der Waals surface area contributed by atoms with Crippen molar-refractivity contribution in [3.63, 3.8) is 0 Å². The van der Waals surface area contributed by atoms with Crippen LogP contribution in [-0.2, 0) is 9.47 Å². The van der Waals surface area contributed by atoms with E-state index in [9.17, 15) is 0 Å². The third-order valence-corrected chi connectivity index (χ3v) is 3.61. The van der Waals surface area contributed by atoms with Crippen molar-refractivity contribution in [2.75, 3.05) is 32.9 Å². The van der Waals surface area contributed by atoms with Crippen LogP contribution in [-0.4, -0.2) is 39.0 Å². The molecule has 1 aromatic rings. The predicted octanol–water partition coefficient (Wildman–Crippen LogP) is 1.91. The molecule has 0 bridgehead atoms. The van der Waals surface area contributed by atoms with E-state index >= 15 is 0 Å². The second kappa shape index (κ2) is 6.37. The SMILES string of the molecule is c1ccc(C2CNCCO2)c(OC2CCCOC2)c1. The summed E-state index contributed by atoms with van der Waals surface area (Å²) in [5.41, 5.74) is 1.14. The molecule has 104 valence electrons. The number of benzene rings is 1. The first-order valence-corrected chi connectivity index (χ1v) is 7.09. The summed E-state index contributed by atoms with van der Waals surface area (Å²) < 4.78 is 17.4. The largest absolute Gasteiger partial charge is 0.488 e. The smallest absolute Gasteiger partial charge is 0.125 e. The highest BCUT2D eigenvalue weighted by Crippen LogP contribution is 2.29. The molecule has 0 amide bonds. The van der Waals surface area contributed by atoms with E-state index in [2.05, 4.69) is 11.4 Å². The molecule has 2 saturated heterocycles. The standard InChI is InChI=1S/C15H21NO3/c1-2-6-14(19-12-4-3-8-17-11-12)13(5-1)15-10-16-7-9-18-15/h1-2,5-6,12,15-16H,3-4,7-11H2. The summed E-state index contributed by atoms with van der Waals surface area (Å²) in [6.45, 7) is 4.08. The molecule has 4 heteroatoms. The third kappa shape index (κ3) is 3.26. The average Bonchev–Trinajstić information content (AvgIpc) is 2.50. The van der Waals surface area contributed by atoms with Gasteiger partial charge >= 0.3 is 0 Å². The molecule has 1 N–H and O–H groups in total. The second-order valence-electron chi connectivity index (χ2n) is 5.06. The molecule has 2 heterocycles. The molecular formula is C15H21NO3. The lowest BCUT2D eigenvalue weighted by atomic mass is 10.1. The second-order valence-corrected chi connectivity index (χ2v) is 5.06. The molecule has 0 aromatic heterocycles. The van der Waals surface area contributed by atoms with Crippen molar-refractivity contribution < 1.29 is 14.2 Å². The van der Waals surface area contributed by atoms with Crippen molar-refractivity contribution in [3.8, 4) is 5.75 Å². The Hall–Kier alpha value is -1.10. The fourth-order valence-corrected chi connectivity index (χ4v) is 2.60. The highest BCUT2D eigenvalue weighted by Gasteiger charge is 2.22. The lowest BCUT2D eigenvalue weighted by Gasteiger charge is -2.28. The molecule has 2 atom stereocenters. The number of hydrogen-bond donors (Lipinski definition) is 1. The summed E-state index contributed by atoms with van der Waals surface area (Å²) in [7, 11) is 0. The van der Waals surface area contributed by atoms with Crippen molar-refractivity contribution in [1.29, 1.82) is 0 Å². The van der Waals surface area contributed by atoms with Crippen LogP contribution >= 0.6 is 0 Å². The van der Waals surface area contributed by atoms with Gasteiger partial charge in [-0.3, -0.25) is 0 Å². The van der Waals surface area contributed by atoms with Crippen molar-refractivity contribution >= 4 is 0 Å². The van der Waals surface area contributed by atoms with Gasteiger partial charge in [0.2, 0.25) is 0 Å². The lowest BCUT2D eigenvalue weighted by molar-refractivity contribution is 0.000816. The number of para-hydroxylation sites is 1. The maximum Gasteiger partial charge on any atom is 0.125 e. The molecule has 4 nitrogen and oxygen atoms in total. The monoisotopic (exact) mass is 263 g/mol. The molecule has 2 unspecified atom stereocenters. The van der Waals surface area contributed by atoms with Crippen LogP contribution in [0.1, 0.15) is 24.5 Å². The van der Waals surface area contributed by atoms with Gasteiger partial charge in [0.05, 0.1) is 19.3 Å². The molecule has 3 rings (SSSR count). The number of ether oxygens (including phenoxy) is 3. The van der Waals surface area contributed by atoms with Crippen LogP contribution in [0.25, 0.3) is 0 Å². The van der Waals surface area contributed by atoms with Gasteiger partial charge < -0.3 is 19.5 Å². The first-order chi connectivity index (χ1) is 9.43. The summed E-state index contributed by atoms with van der Waals surface area (Å²) >= 11 is 0. The molecule has 2 aliphatic rings. The quantitative estimate of drug-likeness (QED) is 0.904. The van der Waals surface area contributed by atoms with Gasteiger partial charge in [-0.15, -0.1) is 0 Å². The zero-order valence-corrected chi connectivity index (χ0v) is 11.1. The topological polar surface area (TPSA) is 39.7 Å². The minimum absolute atomic E-state index is 0.0921. The van der Waals surface area contributed by atoms with Crippen molar-refractivity contribution in [2.45, 2.75) is 25.0 Å². The van der Waals surface area contributed by atoms with E-state index in [0.29, 0.717) is 6.61 Å². The van der Waals surface area contributed by atoms with Gasteiger partial charge in [-0.2, -0.15) is 0 Å². The Morgan fingerprint density at radius 3 is 2.95 bits per heavy atom. The molecule has 0 spiro atoms. The number of rotatable bonds is 3. The third-order valence-electron chi connectivity index (χ3n) is 3.61. The Balaban J connectivity index is 1.72. The van der Waals surface area contributed by atoms with E-state index in [1.54, 1.807) is 0 Å². The summed E-state index contributed by atoms with van der Waals surface area (Å²) in [4.78, 5) is 0. The van der Waals surface area contributed by atoms with Crippen molar-refractivity contribution in [2.24, 2.45) is 0 Å². The molecule has 2 fully saturated rings. The number of morpholine rings is 1. The molecule has 0 aliphatic carbocycles. The normalized spacial score (nSPS) is 28.0. The van der Waals surface area contributed by atoms with Crippen molar-refractivity contribution in [3.05, 3.63) is 29.8 Å². The first kappa shape index (κ1) is 12.9. The Bertz CT molecular complexity index is 398. The summed E-state index contributed by atoms with van der Waals surface area (Å²) in [6.07, 6.45) is 2.41. The lowest BCUT2D eigenvalue weighted by Crippen LogP contribution is -2.34.